The first-order chi connectivity index (χ1) is 12.0. The number of hydrogen-bond acceptors (Lipinski definition) is 2. The van der Waals surface area contributed by atoms with Crippen LogP contribution in [-0.4, -0.2) is 24.9 Å². The van der Waals surface area contributed by atoms with Crippen molar-refractivity contribution in [2.75, 3.05) is 6.61 Å². The summed E-state index contributed by atoms with van der Waals surface area (Å²) in [6, 6.07) is 6.92. The van der Waals surface area contributed by atoms with E-state index in [0.29, 0.717) is 12.2 Å². The van der Waals surface area contributed by atoms with Crippen LogP contribution < -0.4 is 5.32 Å². The predicted octanol–water partition coefficient (Wildman–Crippen LogP) is 5.30. The second-order valence-corrected chi connectivity index (χ2v) is 8.85. The number of carbonyl (C=O) groups is 1. The molecule has 0 aliphatic heterocycles. The number of halogens is 3. The Labute approximate surface area is 152 Å². The van der Waals surface area contributed by atoms with Gasteiger partial charge in [0.1, 0.15) is 0 Å². The number of hydrogen-bond donors (Lipinski definition) is 1. The molecular weight excluding hydrogens is 343 g/mol. The smallest absolute Gasteiger partial charge is 0.407 e. The van der Waals surface area contributed by atoms with Gasteiger partial charge in [-0.2, -0.15) is 13.2 Å². The maximum Gasteiger partial charge on any atom is 0.407 e. The first kappa shape index (κ1) is 19.1. The lowest BCUT2D eigenvalue weighted by atomic mass is 9.75. The molecule has 26 heavy (non-hydrogen) atoms. The molecule has 0 spiro atoms. The third kappa shape index (κ3) is 3.99. The average Bonchev–Trinajstić information content (AvgIpc) is 3.29. The van der Waals surface area contributed by atoms with Gasteiger partial charge in [-0.15, -0.1) is 0 Å². The summed E-state index contributed by atoms with van der Waals surface area (Å²) >= 11 is 0. The summed E-state index contributed by atoms with van der Waals surface area (Å²) in [5.74, 6) is 0.187. The van der Waals surface area contributed by atoms with Gasteiger partial charge in [-0.05, 0) is 48.1 Å². The van der Waals surface area contributed by atoms with E-state index >= 15 is 0 Å². The molecule has 0 saturated heterocycles. The zero-order valence-corrected chi connectivity index (χ0v) is 15.5. The summed E-state index contributed by atoms with van der Waals surface area (Å²) in [5, 5.41) is 2.83. The molecule has 1 aromatic carbocycles. The van der Waals surface area contributed by atoms with Crippen molar-refractivity contribution in [1.29, 1.82) is 0 Å². The SMILES string of the molecule is CC(C)(C)COC(=O)NC1CC(c2cccc(C3(C(F)(F)F)CC3)c2)C1. The second kappa shape index (κ2) is 6.46. The Kier molecular flexibility index (Phi) is 4.74. The molecule has 0 aromatic heterocycles. The van der Waals surface area contributed by atoms with Crippen molar-refractivity contribution in [1.82, 2.24) is 5.32 Å². The van der Waals surface area contributed by atoms with Crippen LogP contribution in [0.4, 0.5) is 18.0 Å². The summed E-state index contributed by atoms with van der Waals surface area (Å²) in [6.45, 7) is 6.30. The molecule has 144 valence electrons. The van der Waals surface area contributed by atoms with Gasteiger partial charge in [0.05, 0.1) is 12.0 Å². The molecule has 0 radical (unpaired) electrons. The van der Waals surface area contributed by atoms with Gasteiger partial charge in [0.15, 0.2) is 0 Å². The fourth-order valence-electron chi connectivity index (χ4n) is 3.45. The molecule has 1 amide bonds. The van der Waals surface area contributed by atoms with Gasteiger partial charge < -0.3 is 10.1 Å². The predicted molar refractivity (Wildman–Crippen MR) is 93.1 cm³/mol. The minimum atomic E-state index is -4.19. The number of ether oxygens (including phenoxy) is 1. The number of alkyl halides is 3. The van der Waals surface area contributed by atoms with Crippen LogP contribution in [0.5, 0.6) is 0 Å². The molecule has 2 aliphatic carbocycles. The van der Waals surface area contributed by atoms with Crippen LogP contribution >= 0.6 is 0 Å². The second-order valence-electron chi connectivity index (χ2n) is 8.85. The Balaban J connectivity index is 1.54. The quantitative estimate of drug-likeness (QED) is 0.782. The summed E-state index contributed by atoms with van der Waals surface area (Å²) in [7, 11) is 0. The number of rotatable bonds is 4. The van der Waals surface area contributed by atoms with Crippen molar-refractivity contribution in [3.8, 4) is 0 Å². The first-order valence-corrected chi connectivity index (χ1v) is 9.11. The van der Waals surface area contributed by atoms with Crippen molar-refractivity contribution in [2.24, 2.45) is 5.41 Å². The Morgan fingerprint density at radius 2 is 1.88 bits per heavy atom. The van der Waals surface area contributed by atoms with E-state index in [1.807, 2.05) is 26.8 Å². The Hall–Kier alpha value is -1.72. The normalized spacial score (nSPS) is 24.5. The fourth-order valence-corrected chi connectivity index (χ4v) is 3.45. The van der Waals surface area contributed by atoms with Crippen LogP contribution in [0.1, 0.15) is 63.5 Å². The third-order valence-electron chi connectivity index (χ3n) is 5.30. The monoisotopic (exact) mass is 369 g/mol. The van der Waals surface area contributed by atoms with E-state index in [1.165, 1.54) is 0 Å². The van der Waals surface area contributed by atoms with Crippen LogP contribution in [0.2, 0.25) is 0 Å². The number of carbonyl (C=O) groups excluding carboxylic acids is 1. The van der Waals surface area contributed by atoms with Gasteiger partial charge in [-0.1, -0.05) is 45.0 Å². The van der Waals surface area contributed by atoms with Crippen LogP contribution in [0, 0.1) is 5.41 Å². The highest BCUT2D eigenvalue weighted by Crippen LogP contribution is 2.59. The van der Waals surface area contributed by atoms with Gasteiger partial charge in [-0.25, -0.2) is 4.79 Å². The van der Waals surface area contributed by atoms with E-state index in [4.69, 9.17) is 4.74 Å². The zero-order valence-electron chi connectivity index (χ0n) is 15.5. The molecule has 0 unspecified atom stereocenters. The van der Waals surface area contributed by atoms with Crippen molar-refractivity contribution in [2.45, 2.75) is 70.0 Å². The molecule has 2 aliphatic rings. The van der Waals surface area contributed by atoms with E-state index in [2.05, 4.69) is 5.32 Å². The van der Waals surface area contributed by atoms with Crippen molar-refractivity contribution in [3.05, 3.63) is 35.4 Å². The van der Waals surface area contributed by atoms with Crippen LogP contribution in [0.25, 0.3) is 0 Å². The standard InChI is InChI=1S/C20H26F3NO2/c1-18(2,3)12-26-17(25)24-16-10-14(11-16)13-5-4-6-15(9-13)19(7-8-19)20(21,22)23/h4-6,9,14,16H,7-8,10-12H2,1-3H3,(H,24,25). The number of benzene rings is 1. The lowest BCUT2D eigenvalue weighted by Gasteiger charge is -2.36. The van der Waals surface area contributed by atoms with Gasteiger partial charge in [0, 0.05) is 6.04 Å². The molecule has 2 saturated carbocycles. The van der Waals surface area contributed by atoms with Crippen LogP contribution in [0.15, 0.2) is 24.3 Å². The molecule has 3 rings (SSSR count). The summed E-state index contributed by atoms with van der Waals surface area (Å²) in [6.07, 6.45) is -2.80. The highest BCUT2D eigenvalue weighted by atomic mass is 19.4. The summed E-state index contributed by atoms with van der Waals surface area (Å²) in [4.78, 5) is 11.8. The van der Waals surface area contributed by atoms with Crippen LogP contribution in [-0.2, 0) is 10.2 Å². The Morgan fingerprint density at radius 1 is 1.23 bits per heavy atom. The average molecular weight is 369 g/mol. The molecular formula is C20H26F3NO2. The first-order valence-electron chi connectivity index (χ1n) is 9.11. The Bertz CT molecular complexity index is 668. The highest BCUT2D eigenvalue weighted by molar-refractivity contribution is 5.67. The maximum atomic E-state index is 13.3. The highest BCUT2D eigenvalue weighted by Gasteiger charge is 2.64. The minimum absolute atomic E-state index is 0.0219. The van der Waals surface area contributed by atoms with E-state index < -0.39 is 17.7 Å². The van der Waals surface area contributed by atoms with Crippen molar-refractivity contribution < 1.29 is 22.7 Å². The van der Waals surface area contributed by atoms with Crippen molar-refractivity contribution >= 4 is 6.09 Å². The topological polar surface area (TPSA) is 38.3 Å². The lowest BCUT2D eigenvalue weighted by molar-refractivity contribution is -0.160. The molecule has 1 N–H and O–H groups in total. The van der Waals surface area contributed by atoms with E-state index in [0.717, 1.165) is 18.4 Å². The van der Waals surface area contributed by atoms with Gasteiger partial charge in [0.25, 0.3) is 0 Å². The fraction of sp³-hybridized carbons (Fsp3) is 0.650. The molecule has 1 aromatic rings. The minimum Gasteiger partial charge on any atom is -0.449 e. The Morgan fingerprint density at radius 3 is 2.42 bits per heavy atom. The van der Waals surface area contributed by atoms with Crippen molar-refractivity contribution in [3.63, 3.8) is 0 Å². The molecule has 0 atom stereocenters. The van der Waals surface area contributed by atoms with Gasteiger partial charge >= 0.3 is 12.3 Å². The lowest BCUT2D eigenvalue weighted by Crippen LogP contribution is -2.44. The molecule has 0 heterocycles. The molecule has 2 fully saturated rings. The van der Waals surface area contributed by atoms with Gasteiger partial charge in [-0.3, -0.25) is 0 Å². The zero-order chi connectivity index (χ0) is 19.2. The molecule has 6 heteroatoms. The van der Waals surface area contributed by atoms with Gasteiger partial charge in [0.2, 0.25) is 0 Å². The van der Waals surface area contributed by atoms with E-state index in [9.17, 15) is 18.0 Å². The van der Waals surface area contributed by atoms with E-state index in [1.54, 1.807) is 18.2 Å². The number of amides is 1. The summed E-state index contributed by atoms with van der Waals surface area (Å²) in [5.41, 5.74) is -0.416. The molecule has 0 bridgehead atoms. The van der Waals surface area contributed by atoms with E-state index in [-0.39, 0.29) is 30.2 Å². The summed E-state index contributed by atoms with van der Waals surface area (Å²) < 4.78 is 45.1. The molecule has 3 nitrogen and oxygen atoms in total. The number of alkyl carbamates (subject to hydrolysis) is 1. The van der Waals surface area contributed by atoms with Crippen LogP contribution in [0.3, 0.4) is 0 Å². The largest absolute Gasteiger partial charge is 0.449 e. The number of nitrogens with one attached hydrogen (secondary N) is 1. The third-order valence-corrected chi connectivity index (χ3v) is 5.30. The maximum absolute atomic E-state index is 13.3.